The van der Waals surface area contributed by atoms with Gasteiger partial charge in [-0.1, -0.05) is 47.6 Å². The Morgan fingerprint density at radius 1 is 1.20 bits per heavy atom. The van der Waals surface area contributed by atoms with Crippen LogP contribution >= 0.6 is 0 Å². The molecular formula is C21H40O3Si. The van der Waals surface area contributed by atoms with Crippen LogP contribution in [-0.4, -0.2) is 37.8 Å². The van der Waals surface area contributed by atoms with Gasteiger partial charge in [0.15, 0.2) is 8.32 Å². The van der Waals surface area contributed by atoms with Crippen molar-refractivity contribution in [3.63, 3.8) is 0 Å². The molecule has 0 amide bonds. The number of aliphatic hydroxyl groups is 2. The van der Waals surface area contributed by atoms with E-state index in [9.17, 15) is 10.2 Å². The molecule has 4 heteroatoms. The van der Waals surface area contributed by atoms with Crippen molar-refractivity contribution < 1.29 is 14.6 Å². The quantitative estimate of drug-likeness (QED) is 0.556. The van der Waals surface area contributed by atoms with Crippen LogP contribution in [-0.2, 0) is 4.43 Å². The zero-order valence-corrected chi connectivity index (χ0v) is 18.6. The van der Waals surface area contributed by atoms with E-state index in [1.54, 1.807) is 0 Å². The fraction of sp³-hybridized carbons (Fsp3) is 0.905. The van der Waals surface area contributed by atoms with Crippen molar-refractivity contribution in [3.8, 4) is 0 Å². The summed E-state index contributed by atoms with van der Waals surface area (Å²) in [5.41, 5.74) is 1.13. The van der Waals surface area contributed by atoms with E-state index in [2.05, 4.69) is 60.7 Å². The molecule has 1 fully saturated rings. The molecule has 0 aromatic heterocycles. The highest BCUT2D eigenvalue weighted by Gasteiger charge is 2.57. The molecule has 0 heterocycles. The maximum absolute atomic E-state index is 10.0. The summed E-state index contributed by atoms with van der Waals surface area (Å²) in [6.45, 7) is 18.8. The highest BCUT2D eigenvalue weighted by molar-refractivity contribution is 6.74. The third-order valence-electron chi connectivity index (χ3n) is 7.94. The first-order chi connectivity index (χ1) is 11.3. The smallest absolute Gasteiger partial charge is 0.192 e. The predicted molar refractivity (Wildman–Crippen MR) is 107 cm³/mol. The standard InChI is InChI=1S/C21H40O3Si/c1-19(2,3)25(7,8)24-18-11-12-21(6)16(14-23)15(13-22)9-10-17(21)20(18,4)5/h9,16-18,22-23H,10-14H2,1-8H3/t16-,17-,18-,21+/m0/s1. The zero-order valence-electron chi connectivity index (χ0n) is 17.6. The molecule has 0 spiro atoms. The van der Waals surface area contributed by atoms with E-state index in [0.717, 1.165) is 24.8 Å². The van der Waals surface area contributed by atoms with Crippen molar-refractivity contribution in [2.45, 2.75) is 85.0 Å². The van der Waals surface area contributed by atoms with E-state index in [-0.39, 0.29) is 41.1 Å². The minimum atomic E-state index is -1.81. The summed E-state index contributed by atoms with van der Waals surface area (Å²) in [4.78, 5) is 0. The van der Waals surface area contributed by atoms with E-state index in [4.69, 9.17) is 4.43 Å². The topological polar surface area (TPSA) is 49.7 Å². The molecule has 0 aromatic carbocycles. The summed E-state index contributed by atoms with van der Waals surface area (Å²) in [6, 6.07) is 0. The number of rotatable bonds is 4. The summed E-state index contributed by atoms with van der Waals surface area (Å²) in [6.07, 6.45) is 5.54. The lowest BCUT2D eigenvalue weighted by Crippen LogP contribution is -2.58. The van der Waals surface area contributed by atoms with Crippen molar-refractivity contribution in [2.75, 3.05) is 13.2 Å². The first kappa shape index (κ1) is 21.1. The molecule has 0 saturated heterocycles. The van der Waals surface area contributed by atoms with Gasteiger partial charge in [0.05, 0.1) is 19.3 Å². The number of aliphatic hydroxyl groups excluding tert-OH is 2. The maximum atomic E-state index is 10.0. The van der Waals surface area contributed by atoms with Crippen molar-refractivity contribution in [1.29, 1.82) is 0 Å². The Morgan fingerprint density at radius 3 is 2.28 bits per heavy atom. The van der Waals surface area contributed by atoms with Crippen LogP contribution in [0.2, 0.25) is 18.1 Å². The molecule has 4 atom stereocenters. The average molecular weight is 369 g/mol. The van der Waals surface area contributed by atoms with E-state index in [1.807, 2.05) is 0 Å². The molecule has 0 unspecified atom stereocenters. The molecule has 2 aliphatic rings. The molecule has 25 heavy (non-hydrogen) atoms. The van der Waals surface area contributed by atoms with Gasteiger partial charge in [-0.05, 0) is 59.7 Å². The molecule has 0 aromatic rings. The Balaban J connectivity index is 2.33. The summed E-state index contributed by atoms with van der Waals surface area (Å²) >= 11 is 0. The Morgan fingerprint density at radius 2 is 1.80 bits per heavy atom. The van der Waals surface area contributed by atoms with Gasteiger partial charge in [-0.2, -0.15) is 0 Å². The van der Waals surface area contributed by atoms with Crippen LogP contribution in [0.5, 0.6) is 0 Å². The van der Waals surface area contributed by atoms with Crippen LogP contribution in [0.15, 0.2) is 11.6 Å². The van der Waals surface area contributed by atoms with Gasteiger partial charge < -0.3 is 14.6 Å². The molecule has 1 saturated carbocycles. The fourth-order valence-corrected chi connectivity index (χ4v) is 6.62. The second-order valence-electron chi connectivity index (χ2n) is 10.7. The Bertz CT molecular complexity index is 518. The molecule has 2 rings (SSSR count). The highest BCUT2D eigenvalue weighted by Crippen LogP contribution is 2.60. The van der Waals surface area contributed by atoms with E-state index >= 15 is 0 Å². The lowest BCUT2D eigenvalue weighted by Gasteiger charge is -2.60. The number of hydrogen-bond donors (Lipinski definition) is 2. The molecule has 0 bridgehead atoms. The Labute approximate surface area is 156 Å². The number of fused-ring (bicyclic) bond motifs is 1. The van der Waals surface area contributed by atoms with Gasteiger partial charge >= 0.3 is 0 Å². The van der Waals surface area contributed by atoms with Crippen molar-refractivity contribution in [1.82, 2.24) is 0 Å². The van der Waals surface area contributed by atoms with Crippen molar-refractivity contribution in [3.05, 3.63) is 11.6 Å². The summed E-state index contributed by atoms with van der Waals surface area (Å²) in [5.74, 6) is 0.542. The first-order valence-electron chi connectivity index (χ1n) is 9.89. The van der Waals surface area contributed by atoms with Gasteiger partial charge in [-0.25, -0.2) is 0 Å². The van der Waals surface area contributed by atoms with E-state index in [0.29, 0.717) is 5.92 Å². The number of hydrogen-bond acceptors (Lipinski definition) is 3. The largest absolute Gasteiger partial charge is 0.413 e. The second kappa shape index (κ2) is 6.77. The Kier molecular flexibility index (Phi) is 5.73. The predicted octanol–water partition coefficient (Wildman–Crippen LogP) is 4.75. The Hall–Kier alpha value is -0.163. The monoisotopic (exact) mass is 368 g/mol. The maximum Gasteiger partial charge on any atom is 0.192 e. The molecular weight excluding hydrogens is 328 g/mol. The van der Waals surface area contributed by atoms with Gasteiger partial charge in [0, 0.05) is 5.92 Å². The molecule has 0 radical (unpaired) electrons. The summed E-state index contributed by atoms with van der Waals surface area (Å²) < 4.78 is 6.88. The minimum absolute atomic E-state index is 0.0400. The molecule has 146 valence electrons. The molecule has 2 aliphatic carbocycles. The molecule has 3 nitrogen and oxygen atoms in total. The van der Waals surface area contributed by atoms with E-state index < -0.39 is 8.32 Å². The molecule has 0 aliphatic heterocycles. The molecule has 2 N–H and O–H groups in total. The van der Waals surface area contributed by atoms with Crippen LogP contribution in [0.25, 0.3) is 0 Å². The SMILES string of the molecule is CC1(C)[C@@H](O[Si](C)(C)C(C)(C)C)CC[C@]2(C)[C@@H](CO)C(CO)=CC[C@@H]12. The summed E-state index contributed by atoms with van der Waals surface area (Å²) in [5, 5.41) is 20.0. The fourth-order valence-electron chi connectivity index (χ4n) is 5.13. The lowest BCUT2D eigenvalue weighted by atomic mass is 9.48. The van der Waals surface area contributed by atoms with Gasteiger partial charge in [0.1, 0.15) is 0 Å². The third kappa shape index (κ3) is 3.52. The van der Waals surface area contributed by atoms with Crippen molar-refractivity contribution in [2.24, 2.45) is 22.7 Å². The van der Waals surface area contributed by atoms with Crippen LogP contribution in [0.1, 0.15) is 60.8 Å². The minimum Gasteiger partial charge on any atom is -0.413 e. The second-order valence-corrected chi connectivity index (χ2v) is 15.4. The lowest BCUT2D eigenvalue weighted by molar-refractivity contribution is -0.116. The van der Waals surface area contributed by atoms with Crippen LogP contribution in [0, 0.1) is 22.7 Å². The summed E-state index contributed by atoms with van der Waals surface area (Å²) in [7, 11) is -1.81. The average Bonchev–Trinajstić information content (AvgIpc) is 2.48. The van der Waals surface area contributed by atoms with Gasteiger partial charge in [0.25, 0.3) is 0 Å². The van der Waals surface area contributed by atoms with Gasteiger partial charge in [-0.3, -0.25) is 0 Å². The van der Waals surface area contributed by atoms with Crippen LogP contribution < -0.4 is 0 Å². The van der Waals surface area contributed by atoms with Crippen molar-refractivity contribution >= 4 is 8.32 Å². The van der Waals surface area contributed by atoms with Gasteiger partial charge in [0.2, 0.25) is 0 Å². The number of allylic oxidation sites excluding steroid dienone is 1. The van der Waals surface area contributed by atoms with Crippen LogP contribution in [0.4, 0.5) is 0 Å². The van der Waals surface area contributed by atoms with E-state index in [1.165, 1.54) is 0 Å². The van der Waals surface area contributed by atoms with Crippen LogP contribution in [0.3, 0.4) is 0 Å². The zero-order chi connectivity index (χ0) is 19.3. The highest BCUT2D eigenvalue weighted by atomic mass is 28.4. The van der Waals surface area contributed by atoms with Gasteiger partial charge in [-0.15, -0.1) is 0 Å². The third-order valence-corrected chi connectivity index (χ3v) is 12.4. The normalized spacial score (nSPS) is 35.9. The first-order valence-corrected chi connectivity index (χ1v) is 12.8.